The van der Waals surface area contributed by atoms with Gasteiger partial charge in [-0.05, 0) is 23.6 Å². The van der Waals surface area contributed by atoms with Crippen LogP contribution in [0.3, 0.4) is 0 Å². The number of nitrogens with zero attached hydrogens (tertiary/aromatic N) is 3. The number of amidine groups is 1. The molecule has 0 aromatic heterocycles. The second kappa shape index (κ2) is 12.0. The van der Waals surface area contributed by atoms with Crippen molar-refractivity contribution in [3.63, 3.8) is 0 Å². The van der Waals surface area contributed by atoms with Crippen LogP contribution in [0.5, 0.6) is 0 Å². The largest absolute Gasteiger partial charge is 0.377 e. The van der Waals surface area contributed by atoms with Gasteiger partial charge < -0.3 is 4.74 Å². The van der Waals surface area contributed by atoms with Gasteiger partial charge >= 0.3 is 0 Å². The van der Waals surface area contributed by atoms with Crippen molar-refractivity contribution in [3.8, 4) is 0 Å². The Kier molecular flexibility index (Phi) is 8.76. The normalized spacial score (nSPS) is 18.3. The smallest absolute Gasteiger partial charge is 0.253 e. The predicted molar refractivity (Wildman–Crippen MR) is 150 cm³/mol. The Morgan fingerprint density at radius 3 is 1.66 bits per heavy atom. The fourth-order valence-electron chi connectivity index (χ4n) is 4.25. The molecule has 0 saturated heterocycles. The molecule has 0 radical (unpaired) electrons. The average molecular weight is 554 g/mol. The zero-order valence-electron chi connectivity index (χ0n) is 21.3. The molecule has 0 amide bonds. The van der Waals surface area contributed by atoms with Gasteiger partial charge in [-0.1, -0.05) is 91.0 Å². The van der Waals surface area contributed by atoms with Crippen LogP contribution >= 0.6 is 0 Å². The molecule has 0 bridgehead atoms. The first kappa shape index (κ1) is 27.7. The van der Waals surface area contributed by atoms with Crippen molar-refractivity contribution in [1.82, 2.24) is 3.71 Å². The Morgan fingerprint density at radius 2 is 1.21 bits per heavy atom. The highest BCUT2D eigenvalue weighted by atomic mass is 32.3. The van der Waals surface area contributed by atoms with E-state index in [9.17, 15) is 16.8 Å². The van der Waals surface area contributed by atoms with Gasteiger partial charge in [0.2, 0.25) is 0 Å². The minimum atomic E-state index is -4.45. The second-order valence-electron chi connectivity index (χ2n) is 9.10. The zero-order chi connectivity index (χ0) is 27.2. The molecule has 1 aliphatic heterocycles. The first-order valence-corrected chi connectivity index (χ1v) is 15.4. The molecule has 1 aliphatic rings. The van der Waals surface area contributed by atoms with Crippen LogP contribution < -0.4 is 0 Å². The lowest BCUT2D eigenvalue weighted by Gasteiger charge is -2.26. The maximum atomic E-state index is 14.0. The van der Waals surface area contributed by atoms with E-state index in [0.717, 1.165) is 5.56 Å². The maximum Gasteiger partial charge on any atom is 0.253 e. The van der Waals surface area contributed by atoms with E-state index in [-0.39, 0.29) is 24.5 Å². The third kappa shape index (κ3) is 6.75. The highest BCUT2D eigenvalue weighted by Gasteiger charge is 2.40. The SMILES string of the molecule is COC1CN=C(Cc2ccccc2)C(N(S(=O)(=O)Cc2ccccc2)S(=O)(=O)Cc2ccccc2)=N[C@@H]1C. The van der Waals surface area contributed by atoms with Crippen LogP contribution in [0.1, 0.15) is 23.6 Å². The van der Waals surface area contributed by atoms with Crippen LogP contribution in [-0.4, -0.2) is 57.9 Å². The quantitative estimate of drug-likeness (QED) is 0.400. The number of hydrogen-bond donors (Lipinski definition) is 0. The van der Waals surface area contributed by atoms with E-state index in [4.69, 9.17) is 4.74 Å². The van der Waals surface area contributed by atoms with Gasteiger partial charge in [0, 0.05) is 13.5 Å². The number of benzene rings is 3. The van der Waals surface area contributed by atoms with Gasteiger partial charge in [0.15, 0.2) is 5.84 Å². The monoisotopic (exact) mass is 553 g/mol. The molecule has 1 unspecified atom stereocenters. The number of sulfonamides is 2. The summed E-state index contributed by atoms with van der Waals surface area (Å²) in [6, 6.07) is 25.8. The second-order valence-corrected chi connectivity index (χ2v) is 13.0. The van der Waals surface area contributed by atoms with Crippen LogP contribution in [0.15, 0.2) is 101 Å². The molecule has 3 aromatic rings. The summed E-state index contributed by atoms with van der Waals surface area (Å²) < 4.78 is 62.0. The number of hydrogen-bond acceptors (Lipinski definition) is 7. The summed E-state index contributed by atoms with van der Waals surface area (Å²) >= 11 is 0. The topological polar surface area (TPSA) is 105 Å². The van der Waals surface area contributed by atoms with Crippen molar-refractivity contribution < 1.29 is 21.6 Å². The average Bonchev–Trinajstić information content (AvgIpc) is 3.03. The molecule has 0 aliphatic carbocycles. The summed E-state index contributed by atoms with van der Waals surface area (Å²) in [5, 5.41) is 0. The fraction of sp³-hybridized carbons (Fsp3) is 0.286. The highest BCUT2D eigenvalue weighted by Crippen LogP contribution is 2.24. The standard InChI is InChI=1S/C28H31N3O5S2/c1-22-27(36-2)19-29-26(18-23-12-6-3-7-13-23)28(30-22)31(37(32,33)20-24-14-8-4-9-15-24)38(34,35)21-25-16-10-5-11-17-25/h3-17,22,27H,18-21H2,1-2H3/t22-,27?/m1/s1. The van der Waals surface area contributed by atoms with Crippen LogP contribution in [0.2, 0.25) is 0 Å². The summed E-state index contributed by atoms with van der Waals surface area (Å²) in [6.07, 6.45) is -0.227. The highest BCUT2D eigenvalue weighted by molar-refractivity contribution is 8.04. The first-order chi connectivity index (χ1) is 18.2. The van der Waals surface area contributed by atoms with Crippen LogP contribution in [0, 0.1) is 0 Å². The minimum absolute atomic E-state index is 0.187. The van der Waals surface area contributed by atoms with E-state index in [1.54, 1.807) is 67.6 Å². The molecule has 0 saturated carbocycles. The maximum absolute atomic E-state index is 14.0. The Balaban J connectivity index is 1.87. The van der Waals surface area contributed by atoms with Gasteiger partial charge in [0.05, 0.1) is 35.9 Å². The van der Waals surface area contributed by atoms with E-state index in [2.05, 4.69) is 9.98 Å². The Morgan fingerprint density at radius 1 is 0.763 bits per heavy atom. The van der Waals surface area contributed by atoms with Crippen molar-refractivity contribution in [2.24, 2.45) is 9.98 Å². The van der Waals surface area contributed by atoms with Crippen LogP contribution in [0.4, 0.5) is 0 Å². The van der Waals surface area contributed by atoms with Crippen LogP contribution in [0.25, 0.3) is 0 Å². The van der Waals surface area contributed by atoms with E-state index < -0.39 is 43.7 Å². The lowest BCUT2D eigenvalue weighted by molar-refractivity contribution is 0.0938. The van der Waals surface area contributed by atoms with Gasteiger partial charge in [-0.15, -0.1) is 3.71 Å². The Labute approximate surface area is 224 Å². The van der Waals surface area contributed by atoms with E-state index in [1.165, 1.54) is 7.11 Å². The number of methoxy groups -OCH3 is 1. The molecule has 8 nitrogen and oxygen atoms in total. The van der Waals surface area contributed by atoms with Gasteiger partial charge in [-0.25, -0.2) is 16.8 Å². The summed E-state index contributed by atoms with van der Waals surface area (Å²) in [5.74, 6) is -1.21. The molecular weight excluding hydrogens is 522 g/mol. The first-order valence-electron chi connectivity index (χ1n) is 12.2. The molecule has 10 heteroatoms. The summed E-state index contributed by atoms with van der Waals surface area (Å²) in [6.45, 7) is 1.99. The van der Waals surface area contributed by atoms with Gasteiger partial charge in [-0.3, -0.25) is 9.98 Å². The number of aliphatic imine (C=N–C) groups is 2. The van der Waals surface area contributed by atoms with Crippen molar-refractivity contribution in [3.05, 3.63) is 108 Å². The summed E-state index contributed by atoms with van der Waals surface area (Å²) in [7, 11) is -7.37. The summed E-state index contributed by atoms with van der Waals surface area (Å²) in [4.78, 5) is 9.31. The number of ether oxygens (including phenoxy) is 1. The molecule has 0 spiro atoms. The van der Waals surface area contributed by atoms with E-state index >= 15 is 0 Å². The summed E-state index contributed by atoms with van der Waals surface area (Å²) in [5.41, 5.74) is 2.05. The predicted octanol–water partition coefficient (Wildman–Crippen LogP) is 3.85. The molecule has 0 fully saturated rings. The van der Waals surface area contributed by atoms with E-state index in [1.807, 2.05) is 30.3 Å². The van der Waals surface area contributed by atoms with E-state index in [0.29, 0.717) is 14.8 Å². The van der Waals surface area contributed by atoms with Crippen molar-refractivity contribution in [1.29, 1.82) is 0 Å². The third-order valence-corrected chi connectivity index (χ3v) is 10.3. The Bertz CT molecular complexity index is 1420. The minimum Gasteiger partial charge on any atom is -0.377 e. The third-order valence-electron chi connectivity index (χ3n) is 6.16. The van der Waals surface area contributed by atoms with Crippen molar-refractivity contribution in [2.75, 3.05) is 13.7 Å². The molecule has 4 rings (SSSR count). The van der Waals surface area contributed by atoms with Gasteiger partial charge in [0.1, 0.15) is 0 Å². The zero-order valence-corrected chi connectivity index (χ0v) is 23.0. The molecule has 200 valence electrons. The molecule has 2 atom stereocenters. The van der Waals surface area contributed by atoms with Crippen LogP contribution in [-0.2, 0) is 42.7 Å². The number of rotatable bonds is 9. The molecule has 38 heavy (non-hydrogen) atoms. The molecule has 0 N–H and O–H groups in total. The van der Waals surface area contributed by atoms with Crippen molar-refractivity contribution >= 4 is 31.6 Å². The molecular formula is C28H31N3O5S2. The lowest BCUT2D eigenvalue weighted by atomic mass is 10.1. The fourth-order valence-corrected chi connectivity index (χ4v) is 8.24. The Hall–Kier alpha value is -3.34. The molecule has 3 aromatic carbocycles. The van der Waals surface area contributed by atoms with Gasteiger partial charge in [0.25, 0.3) is 20.0 Å². The lowest BCUT2D eigenvalue weighted by Crippen LogP contribution is -2.47. The van der Waals surface area contributed by atoms with Crippen molar-refractivity contribution in [2.45, 2.75) is 37.0 Å². The van der Waals surface area contributed by atoms with Gasteiger partial charge in [-0.2, -0.15) is 0 Å². The molecule has 1 heterocycles.